The van der Waals surface area contributed by atoms with Crippen LogP contribution in [0.25, 0.3) is 22.2 Å². The maximum absolute atomic E-state index is 13.9. The first-order valence-corrected chi connectivity index (χ1v) is 7.08. The fraction of sp³-hybridized carbons (Fsp3) is 0.250. The fourth-order valence-electron chi connectivity index (χ4n) is 3.05. The Kier molecular flexibility index (Phi) is 2.87. The van der Waals surface area contributed by atoms with Crippen LogP contribution in [0.4, 0.5) is 4.39 Å². The van der Waals surface area contributed by atoms with Gasteiger partial charge in [-0.3, -0.25) is 0 Å². The predicted molar refractivity (Wildman–Crippen MR) is 81.4 cm³/mol. The summed E-state index contributed by atoms with van der Waals surface area (Å²) in [5.41, 5.74) is 10.5. The lowest BCUT2D eigenvalue weighted by Gasteiger charge is -2.06. The monoisotopic (exact) mass is 298 g/mol. The van der Waals surface area contributed by atoms with Crippen molar-refractivity contribution in [2.24, 2.45) is 5.73 Å². The maximum atomic E-state index is 13.9. The summed E-state index contributed by atoms with van der Waals surface area (Å²) >= 11 is 0. The molecule has 4 rings (SSSR count). The number of nitrogens with zero attached hydrogens (tertiary/aromatic N) is 2. The topological polar surface area (TPSA) is 76.8 Å². The molecule has 0 aliphatic heterocycles. The first kappa shape index (κ1) is 13.2. The molecule has 6 heteroatoms. The number of aromatic nitrogens is 3. The third-order valence-corrected chi connectivity index (χ3v) is 4.22. The van der Waals surface area contributed by atoms with Gasteiger partial charge in [-0.1, -0.05) is 6.07 Å². The molecule has 0 unspecified atom stereocenters. The maximum Gasteiger partial charge on any atom is 0.316 e. The number of aromatic amines is 1. The van der Waals surface area contributed by atoms with E-state index in [1.165, 1.54) is 7.11 Å². The molecule has 0 spiro atoms. The van der Waals surface area contributed by atoms with E-state index in [4.69, 9.17) is 10.5 Å². The van der Waals surface area contributed by atoms with Crippen molar-refractivity contribution in [2.75, 3.05) is 7.11 Å². The minimum atomic E-state index is -1.01. The number of hydrogen-bond acceptors (Lipinski definition) is 4. The molecule has 0 radical (unpaired) electrons. The minimum Gasteiger partial charge on any atom is -0.467 e. The quantitative estimate of drug-likeness (QED) is 0.762. The Morgan fingerprint density at radius 3 is 2.82 bits per heavy atom. The number of fused-ring (bicyclic) bond motifs is 3. The highest BCUT2D eigenvalue weighted by Crippen LogP contribution is 2.37. The van der Waals surface area contributed by atoms with Crippen LogP contribution >= 0.6 is 0 Å². The van der Waals surface area contributed by atoms with Crippen LogP contribution in [0.15, 0.2) is 30.6 Å². The molecule has 1 aliphatic rings. The molecule has 1 aromatic carbocycles. The zero-order chi connectivity index (χ0) is 15.3. The molecule has 2 heterocycles. The van der Waals surface area contributed by atoms with E-state index >= 15 is 0 Å². The highest BCUT2D eigenvalue weighted by molar-refractivity contribution is 5.90. The third kappa shape index (κ3) is 1.88. The number of methoxy groups -OCH3 is 1. The lowest BCUT2D eigenvalue weighted by Crippen LogP contribution is -2.17. The van der Waals surface area contributed by atoms with Gasteiger partial charge in [0, 0.05) is 41.0 Å². The highest BCUT2D eigenvalue weighted by Gasteiger charge is 2.31. The van der Waals surface area contributed by atoms with Crippen molar-refractivity contribution in [1.29, 1.82) is 0 Å². The Balaban J connectivity index is 1.83. The second kappa shape index (κ2) is 4.78. The SMILES string of the molecule is COc1ncc(-c2cc3c4c(ccc3[nH]2)[C@@H](N)[C@@H](F)C4)cn1. The van der Waals surface area contributed by atoms with Crippen LogP contribution in [0.2, 0.25) is 0 Å². The summed E-state index contributed by atoms with van der Waals surface area (Å²) in [5.74, 6) is 0. The first-order valence-electron chi connectivity index (χ1n) is 7.08. The van der Waals surface area contributed by atoms with Crippen LogP contribution in [0.3, 0.4) is 0 Å². The standard InChI is InChI=1S/C16H15FN4O/c1-22-16-19-6-8(7-20-16)14-5-11-10-4-12(17)15(18)9(10)2-3-13(11)21-14/h2-3,5-7,12,15,21H,4,18H2,1H3/t12-,15+/m0/s1. The van der Waals surface area contributed by atoms with Gasteiger partial charge in [0.15, 0.2) is 0 Å². The number of benzene rings is 1. The number of nitrogens with one attached hydrogen (secondary N) is 1. The van der Waals surface area contributed by atoms with Crippen molar-refractivity contribution in [1.82, 2.24) is 15.0 Å². The molecule has 112 valence electrons. The van der Waals surface area contributed by atoms with Crippen molar-refractivity contribution in [2.45, 2.75) is 18.6 Å². The molecule has 1 aliphatic carbocycles. The fourth-order valence-corrected chi connectivity index (χ4v) is 3.05. The Bertz CT molecular complexity index is 843. The van der Waals surface area contributed by atoms with Crippen molar-refractivity contribution in [3.05, 3.63) is 41.7 Å². The van der Waals surface area contributed by atoms with Crippen molar-refractivity contribution in [3.63, 3.8) is 0 Å². The van der Waals surface area contributed by atoms with Gasteiger partial charge in [0.25, 0.3) is 0 Å². The van der Waals surface area contributed by atoms with Gasteiger partial charge in [0.1, 0.15) is 6.17 Å². The van der Waals surface area contributed by atoms with Gasteiger partial charge >= 0.3 is 6.01 Å². The van der Waals surface area contributed by atoms with E-state index in [2.05, 4.69) is 15.0 Å². The number of alkyl halides is 1. The molecule has 2 aromatic heterocycles. The molecule has 3 N–H and O–H groups in total. The van der Waals surface area contributed by atoms with Crippen LogP contribution in [0.1, 0.15) is 17.2 Å². The molecular weight excluding hydrogens is 283 g/mol. The zero-order valence-electron chi connectivity index (χ0n) is 12.0. The summed E-state index contributed by atoms with van der Waals surface area (Å²) in [4.78, 5) is 11.5. The van der Waals surface area contributed by atoms with E-state index < -0.39 is 12.2 Å². The number of nitrogens with two attached hydrogens (primary N) is 1. The highest BCUT2D eigenvalue weighted by atomic mass is 19.1. The van der Waals surface area contributed by atoms with E-state index in [0.29, 0.717) is 12.4 Å². The lowest BCUT2D eigenvalue weighted by atomic mass is 10.0. The van der Waals surface area contributed by atoms with Crippen molar-refractivity contribution >= 4 is 10.9 Å². The van der Waals surface area contributed by atoms with E-state index in [0.717, 1.165) is 33.3 Å². The smallest absolute Gasteiger partial charge is 0.316 e. The summed E-state index contributed by atoms with van der Waals surface area (Å²) in [6, 6.07) is 5.66. The van der Waals surface area contributed by atoms with Crippen LogP contribution < -0.4 is 10.5 Å². The van der Waals surface area contributed by atoms with Crippen molar-refractivity contribution < 1.29 is 9.13 Å². The van der Waals surface area contributed by atoms with Crippen molar-refractivity contribution in [3.8, 4) is 17.3 Å². The van der Waals surface area contributed by atoms with Gasteiger partial charge in [0.05, 0.1) is 13.2 Å². The summed E-state index contributed by atoms with van der Waals surface area (Å²) in [6.07, 6.45) is 2.74. The normalized spacial score (nSPS) is 20.3. The number of hydrogen-bond donors (Lipinski definition) is 2. The van der Waals surface area contributed by atoms with Gasteiger partial charge in [-0.15, -0.1) is 0 Å². The van der Waals surface area contributed by atoms with E-state index in [1.54, 1.807) is 12.4 Å². The Labute approximate surface area is 126 Å². The average molecular weight is 298 g/mol. The molecule has 0 fully saturated rings. The second-order valence-electron chi connectivity index (χ2n) is 5.48. The number of H-pyrrole nitrogens is 1. The van der Waals surface area contributed by atoms with Gasteiger partial charge < -0.3 is 15.5 Å². The van der Waals surface area contributed by atoms with E-state index in [-0.39, 0.29) is 0 Å². The minimum absolute atomic E-state index is 0.326. The summed E-state index contributed by atoms with van der Waals surface area (Å²) < 4.78 is 18.8. The van der Waals surface area contributed by atoms with Crippen LogP contribution in [0.5, 0.6) is 6.01 Å². The van der Waals surface area contributed by atoms with Gasteiger partial charge in [0.2, 0.25) is 0 Å². The molecule has 5 nitrogen and oxygen atoms in total. The average Bonchev–Trinajstić information content (AvgIpc) is 3.10. The van der Waals surface area contributed by atoms with Crippen LogP contribution in [-0.4, -0.2) is 28.2 Å². The molecule has 2 atom stereocenters. The Morgan fingerprint density at radius 1 is 1.32 bits per heavy atom. The van der Waals surface area contributed by atoms with Gasteiger partial charge in [-0.05, 0) is 23.3 Å². The third-order valence-electron chi connectivity index (χ3n) is 4.22. The van der Waals surface area contributed by atoms with Gasteiger partial charge in [-0.2, -0.15) is 0 Å². The molecule has 0 bridgehead atoms. The summed E-state index contributed by atoms with van der Waals surface area (Å²) in [5, 5.41) is 1.01. The Morgan fingerprint density at radius 2 is 2.09 bits per heavy atom. The van der Waals surface area contributed by atoms with Crippen LogP contribution in [0, 0.1) is 0 Å². The lowest BCUT2D eigenvalue weighted by molar-refractivity contribution is 0.304. The molecule has 3 aromatic rings. The second-order valence-corrected chi connectivity index (χ2v) is 5.48. The first-order chi connectivity index (χ1) is 10.7. The largest absolute Gasteiger partial charge is 0.467 e. The predicted octanol–water partition coefficient (Wildman–Crippen LogP) is 2.53. The molecular formula is C16H15FN4O. The summed E-state index contributed by atoms with van der Waals surface area (Å²) in [7, 11) is 1.53. The van der Waals surface area contributed by atoms with E-state index in [1.807, 2.05) is 18.2 Å². The molecule has 0 saturated heterocycles. The number of halogens is 1. The van der Waals surface area contributed by atoms with Gasteiger partial charge in [-0.25, -0.2) is 14.4 Å². The zero-order valence-corrected chi connectivity index (χ0v) is 12.0. The summed E-state index contributed by atoms with van der Waals surface area (Å²) in [6.45, 7) is 0. The van der Waals surface area contributed by atoms with E-state index in [9.17, 15) is 4.39 Å². The number of ether oxygens (including phenoxy) is 1. The molecule has 0 saturated carbocycles. The van der Waals surface area contributed by atoms with Crippen LogP contribution in [-0.2, 0) is 6.42 Å². The molecule has 22 heavy (non-hydrogen) atoms. The number of rotatable bonds is 2. The molecule has 0 amide bonds. The Hall–Kier alpha value is -2.47.